The standard InChI is InChI=1S/C12H21NO3S/c1-8-3-4-10(5-9(8)2)13-11(14)6-17-7-12(15)16/h8-10H,3-7H2,1-2H3,(H,13,14)(H,15,16). The van der Waals surface area contributed by atoms with E-state index in [1.165, 1.54) is 0 Å². The molecule has 5 heteroatoms. The molecule has 2 N–H and O–H groups in total. The molecule has 0 aromatic heterocycles. The number of carbonyl (C=O) groups excluding carboxylic acids is 1. The van der Waals surface area contributed by atoms with Crippen molar-refractivity contribution in [3.8, 4) is 0 Å². The quantitative estimate of drug-likeness (QED) is 0.789. The number of amides is 1. The Morgan fingerprint density at radius 1 is 1.24 bits per heavy atom. The van der Waals surface area contributed by atoms with Gasteiger partial charge < -0.3 is 10.4 Å². The molecule has 0 spiro atoms. The van der Waals surface area contributed by atoms with Crippen LogP contribution in [-0.2, 0) is 9.59 Å². The van der Waals surface area contributed by atoms with Gasteiger partial charge in [-0.15, -0.1) is 11.8 Å². The molecule has 1 saturated carbocycles. The van der Waals surface area contributed by atoms with E-state index in [0.29, 0.717) is 5.92 Å². The van der Waals surface area contributed by atoms with Crippen LogP contribution in [0.2, 0.25) is 0 Å². The minimum atomic E-state index is -0.872. The maximum Gasteiger partial charge on any atom is 0.313 e. The first-order chi connectivity index (χ1) is 7.99. The van der Waals surface area contributed by atoms with E-state index >= 15 is 0 Å². The SMILES string of the molecule is CC1CCC(NC(=O)CSCC(=O)O)CC1C. The Balaban J connectivity index is 2.20. The fourth-order valence-corrected chi connectivity index (χ4v) is 2.72. The van der Waals surface area contributed by atoms with Crippen LogP contribution in [0.15, 0.2) is 0 Å². The van der Waals surface area contributed by atoms with E-state index in [2.05, 4.69) is 19.2 Å². The third-order valence-electron chi connectivity index (χ3n) is 3.42. The molecular weight excluding hydrogens is 238 g/mol. The van der Waals surface area contributed by atoms with Gasteiger partial charge in [0.2, 0.25) is 5.91 Å². The lowest BCUT2D eigenvalue weighted by Gasteiger charge is -2.32. The highest BCUT2D eigenvalue weighted by molar-refractivity contribution is 8.00. The van der Waals surface area contributed by atoms with Gasteiger partial charge in [-0.2, -0.15) is 0 Å². The second-order valence-electron chi connectivity index (χ2n) is 4.92. The Kier molecular flexibility index (Phi) is 5.82. The summed E-state index contributed by atoms with van der Waals surface area (Å²) in [7, 11) is 0. The molecule has 1 aliphatic carbocycles. The number of rotatable bonds is 5. The molecule has 0 radical (unpaired) electrons. The van der Waals surface area contributed by atoms with Crippen molar-refractivity contribution < 1.29 is 14.7 Å². The van der Waals surface area contributed by atoms with Crippen LogP contribution in [0.3, 0.4) is 0 Å². The molecule has 0 saturated heterocycles. The summed E-state index contributed by atoms with van der Waals surface area (Å²) >= 11 is 1.15. The highest BCUT2D eigenvalue weighted by Gasteiger charge is 2.25. The van der Waals surface area contributed by atoms with Crippen LogP contribution < -0.4 is 5.32 Å². The third-order valence-corrected chi connectivity index (χ3v) is 4.34. The van der Waals surface area contributed by atoms with Gasteiger partial charge in [0.15, 0.2) is 0 Å². The molecule has 3 atom stereocenters. The lowest BCUT2D eigenvalue weighted by atomic mass is 9.79. The van der Waals surface area contributed by atoms with Gasteiger partial charge in [0.1, 0.15) is 0 Å². The van der Waals surface area contributed by atoms with E-state index in [9.17, 15) is 9.59 Å². The minimum absolute atomic E-state index is 0.00841. The number of carboxylic acid groups (broad SMARTS) is 1. The van der Waals surface area contributed by atoms with Crippen molar-refractivity contribution in [2.24, 2.45) is 11.8 Å². The predicted octanol–water partition coefficient (Wildman–Crippen LogP) is 1.75. The number of hydrogen-bond donors (Lipinski definition) is 2. The molecule has 0 aromatic rings. The summed E-state index contributed by atoms with van der Waals surface area (Å²) in [6.07, 6.45) is 3.24. The Morgan fingerprint density at radius 3 is 2.53 bits per heavy atom. The Labute approximate surface area is 107 Å². The molecule has 0 aliphatic heterocycles. The average Bonchev–Trinajstić information content (AvgIpc) is 2.23. The van der Waals surface area contributed by atoms with Gasteiger partial charge in [0.05, 0.1) is 11.5 Å². The van der Waals surface area contributed by atoms with E-state index in [1.807, 2.05) is 0 Å². The number of aliphatic carboxylic acids is 1. The average molecular weight is 259 g/mol. The summed E-state index contributed by atoms with van der Waals surface area (Å²) in [6.45, 7) is 4.48. The van der Waals surface area contributed by atoms with E-state index in [-0.39, 0.29) is 23.5 Å². The van der Waals surface area contributed by atoms with Crippen LogP contribution in [0.5, 0.6) is 0 Å². The van der Waals surface area contributed by atoms with Gasteiger partial charge in [-0.05, 0) is 31.1 Å². The summed E-state index contributed by atoms with van der Waals surface area (Å²) < 4.78 is 0. The van der Waals surface area contributed by atoms with Crippen molar-refractivity contribution in [1.82, 2.24) is 5.32 Å². The van der Waals surface area contributed by atoms with Gasteiger partial charge in [0.25, 0.3) is 0 Å². The molecule has 1 fully saturated rings. The number of carboxylic acids is 1. The zero-order chi connectivity index (χ0) is 12.8. The molecule has 17 heavy (non-hydrogen) atoms. The third kappa shape index (κ3) is 5.44. The highest BCUT2D eigenvalue weighted by Crippen LogP contribution is 2.29. The van der Waals surface area contributed by atoms with Crippen LogP contribution in [0.1, 0.15) is 33.1 Å². The zero-order valence-electron chi connectivity index (χ0n) is 10.4. The fourth-order valence-electron chi connectivity index (χ4n) is 2.18. The van der Waals surface area contributed by atoms with Gasteiger partial charge in [0, 0.05) is 6.04 Å². The molecule has 1 rings (SSSR count). The number of nitrogens with one attached hydrogen (secondary N) is 1. The topological polar surface area (TPSA) is 66.4 Å². The largest absolute Gasteiger partial charge is 0.481 e. The molecule has 1 aliphatic rings. The molecule has 98 valence electrons. The Bertz CT molecular complexity index is 283. The monoisotopic (exact) mass is 259 g/mol. The summed E-state index contributed by atoms with van der Waals surface area (Å²) in [5, 5.41) is 11.4. The van der Waals surface area contributed by atoms with Crippen molar-refractivity contribution in [2.45, 2.75) is 39.2 Å². The van der Waals surface area contributed by atoms with Crippen LogP contribution in [0, 0.1) is 11.8 Å². The van der Waals surface area contributed by atoms with Crippen molar-refractivity contribution >= 4 is 23.6 Å². The molecule has 3 unspecified atom stereocenters. The minimum Gasteiger partial charge on any atom is -0.481 e. The molecule has 4 nitrogen and oxygen atoms in total. The van der Waals surface area contributed by atoms with Gasteiger partial charge in [-0.3, -0.25) is 9.59 Å². The number of hydrogen-bond acceptors (Lipinski definition) is 3. The highest BCUT2D eigenvalue weighted by atomic mass is 32.2. The van der Waals surface area contributed by atoms with Crippen molar-refractivity contribution in [3.63, 3.8) is 0 Å². The summed E-state index contributed by atoms with van der Waals surface area (Å²) in [4.78, 5) is 21.9. The lowest BCUT2D eigenvalue weighted by Crippen LogP contribution is -2.40. The van der Waals surface area contributed by atoms with Gasteiger partial charge >= 0.3 is 5.97 Å². The van der Waals surface area contributed by atoms with E-state index < -0.39 is 5.97 Å². The van der Waals surface area contributed by atoms with E-state index in [1.54, 1.807) is 0 Å². The first kappa shape index (κ1) is 14.4. The Morgan fingerprint density at radius 2 is 1.94 bits per heavy atom. The van der Waals surface area contributed by atoms with Crippen LogP contribution >= 0.6 is 11.8 Å². The van der Waals surface area contributed by atoms with E-state index in [4.69, 9.17) is 5.11 Å². The van der Waals surface area contributed by atoms with Crippen molar-refractivity contribution in [2.75, 3.05) is 11.5 Å². The second-order valence-corrected chi connectivity index (χ2v) is 5.90. The van der Waals surface area contributed by atoms with Crippen LogP contribution in [-0.4, -0.2) is 34.5 Å². The maximum absolute atomic E-state index is 11.6. The first-order valence-corrected chi connectivity index (χ1v) is 7.23. The molecule has 0 heterocycles. The number of thioether (sulfide) groups is 1. The van der Waals surface area contributed by atoms with Crippen molar-refractivity contribution in [1.29, 1.82) is 0 Å². The summed E-state index contributed by atoms with van der Waals surface area (Å²) in [5.74, 6) is 0.717. The number of carbonyl (C=O) groups is 2. The zero-order valence-corrected chi connectivity index (χ0v) is 11.3. The maximum atomic E-state index is 11.6. The summed E-state index contributed by atoms with van der Waals surface area (Å²) in [5.41, 5.74) is 0. The fraction of sp³-hybridized carbons (Fsp3) is 0.833. The smallest absolute Gasteiger partial charge is 0.313 e. The van der Waals surface area contributed by atoms with Gasteiger partial charge in [-0.1, -0.05) is 13.8 Å². The second kappa shape index (κ2) is 6.89. The molecule has 0 bridgehead atoms. The molecule has 0 aromatic carbocycles. The van der Waals surface area contributed by atoms with Gasteiger partial charge in [-0.25, -0.2) is 0 Å². The molecule has 1 amide bonds. The summed E-state index contributed by atoms with van der Waals surface area (Å²) in [6, 6.07) is 0.277. The lowest BCUT2D eigenvalue weighted by molar-refractivity contribution is -0.133. The Hall–Kier alpha value is -0.710. The first-order valence-electron chi connectivity index (χ1n) is 6.08. The molecular formula is C12H21NO3S. The predicted molar refractivity (Wildman–Crippen MR) is 69.1 cm³/mol. The van der Waals surface area contributed by atoms with E-state index in [0.717, 1.165) is 36.9 Å². The van der Waals surface area contributed by atoms with Crippen LogP contribution in [0.4, 0.5) is 0 Å². The normalized spacial score (nSPS) is 28.7. The van der Waals surface area contributed by atoms with Crippen molar-refractivity contribution in [3.05, 3.63) is 0 Å². The van der Waals surface area contributed by atoms with Crippen LogP contribution in [0.25, 0.3) is 0 Å².